The minimum atomic E-state index is -0.519. The average molecular weight is 262 g/mol. The molecule has 0 spiro atoms. The zero-order valence-corrected chi connectivity index (χ0v) is 8.75. The molecule has 0 atom stereocenters. The molecule has 0 aliphatic rings. The lowest BCUT2D eigenvalue weighted by atomic mass is 10.2. The van der Waals surface area contributed by atoms with Crippen LogP contribution in [0.4, 0.5) is 0 Å². The van der Waals surface area contributed by atoms with Crippen LogP contribution in [0.15, 0.2) is 28.9 Å². The molecular formula is C8H5BrClNO2. The topological polar surface area (TPSA) is 43.1 Å². The number of nitro groups is 1. The van der Waals surface area contributed by atoms with Crippen molar-refractivity contribution in [3.8, 4) is 0 Å². The van der Waals surface area contributed by atoms with E-state index >= 15 is 0 Å². The van der Waals surface area contributed by atoms with Crippen LogP contribution in [-0.4, -0.2) is 4.92 Å². The first-order chi connectivity index (χ1) is 6.08. The van der Waals surface area contributed by atoms with Crippen LogP contribution in [0.1, 0.15) is 5.56 Å². The Morgan fingerprint density at radius 2 is 2.15 bits per heavy atom. The molecule has 5 heteroatoms. The highest BCUT2D eigenvalue weighted by atomic mass is 79.9. The second kappa shape index (κ2) is 4.39. The molecule has 0 aliphatic carbocycles. The highest BCUT2D eigenvalue weighted by Gasteiger charge is 1.95. The maximum absolute atomic E-state index is 10.0. The minimum absolute atomic E-state index is 0.519. The van der Waals surface area contributed by atoms with E-state index in [0.717, 1.165) is 10.7 Å². The Balaban J connectivity index is 2.95. The number of benzene rings is 1. The molecule has 0 amide bonds. The summed E-state index contributed by atoms with van der Waals surface area (Å²) in [5.74, 6) is 0. The molecule has 13 heavy (non-hydrogen) atoms. The van der Waals surface area contributed by atoms with Crippen LogP contribution >= 0.6 is 27.5 Å². The van der Waals surface area contributed by atoms with Gasteiger partial charge in [0.15, 0.2) is 0 Å². The summed E-state index contributed by atoms with van der Waals surface area (Å²) in [4.78, 5) is 9.50. The number of hydrogen-bond acceptors (Lipinski definition) is 2. The van der Waals surface area contributed by atoms with Crippen LogP contribution < -0.4 is 0 Å². The van der Waals surface area contributed by atoms with E-state index in [0.29, 0.717) is 10.6 Å². The van der Waals surface area contributed by atoms with E-state index in [1.807, 2.05) is 0 Å². The van der Waals surface area contributed by atoms with Gasteiger partial charge in [-0.3, -0.25) is 10.1 Å². The van der Waals surface area contributed by atoms with Gasteiger partial charge in [-0.25, -0.2) is 0 Å². The molecular weight excluding hydrogens is 257 g/mol. The Kier molecular flexibility index (Phi) is 3.45. The van der Waals surface area contributed by atoms with Crippen molar-refractivity contribution in [2.24, 2.45) is 0 Å². The van der Waals surface area contributed by atoms with Gasteiger partial charge in [0.25, 0.3) is 0 Å². The molecule has 3 nitrogen and oxygen atoms in total. The average Bonchev–Trinajstić information content (AvgIpc) is 1.99. The van der Waals surface area contributed by atoms with Crippen molar-refractivity contribution in [3.63, 3.8) is 0 Å². The Hall–Kier alpha value is -0.870. The van der Waals surface area contributed by atoms with E-state index in [9.17, 15) is 10.1 Å². The first kappa shape index (κ1) is 10.2. The predicted octanol–water partition coefficient (Wildman–Crippen LogP) is 3.35. The molecule has 0 unspecified atom stereocenters. The smallest absolute Gasteiger partial charge is 0.235 e. The van der Waals surface area contributed by atoms with Crippen molar-refractivity contribution in [2.75, 3.05) is 0 Å². The van der Waals surface area contributed by atoms with E-state index in [4.69, 9.17) is 11.6 Å². The van der Waals surface area contributed by atoms with E-state index in [1.54, 1.807) is 18.2 Å². The fraction of sp³-hybridized carbons (Fsp3) is 0. The fourth-order valence-electron chi connectivity index (χ4n) is 0.818. The van der Waals surface area contributed by atoms with Gasteiger partial charge in [-0.1, -0.05) is 27.5 Å². The van der Waals surface area contributed by atoms with Gasteiger partial charge in [-0.15, -0.1) is 0 Å². The van der Waals surface area contributed by atoms with Gasteiger partial charge in [0, 0.05) is 15.6 Å². The molecule has 0 saturated heterocycles. The maximum atomic E-state index is 10.0. The van der Waals surface area contributed by atoms with Crippen LogP contribution in [0.2, 0.25) is 5.02 Å². The van der Waals surface area contributed by atoms with E-state index in [-0.39, 0.29) is 0 Å². The standard InChI is InChI=1S/C8H5BrClNO2/c9-7-3-6(1-2-11(12)13)4-8(10)5-7/h1-5H/b2-1+. The van der Waals surface area contributed by atoms with Crippen molar-refractivity contribution < 1.29 is 4.92 Å². The van der Waals surface area contributed by atoms with E-state index in [2.05, 4.69) is 15.9 Å². The summed E-state index contributed by atoms with van der Waals surface area (Å²) in [5.41, 5.74) is 0.691. The van der Waals surface area contributed by atoms with E-state index < -0.39 is 4.92 Å². The second-order valence-electron chi connectivity index (χ2n) is 2.30. The SMILES string of the molecule is O=[N+]([O-])/C=C/c1cc(Cl)cc(Br)c1. The summed E-state index contributed by atoms with van der Waals surface area (Å²) in [6.45, 7) is 0. The second-order valence-corrected chi connectivity index (χ2v) is 3.66. The highest BCUT2D eigenvalue weighted by Crippen LogP contribution is 2.20. The molecule has 0 bridgehead atoms. The third kappa shape index (κ3) is 3.57. The normalized spacial score (nSPS) is 10.6. The van der Waals surface area contributed by atoms with Gasteiger partial charge in [0.1, 0.15) is 0 Å². The first-order valence-electron chi connectivity index (χ1n) is 3.36. The summed E-state index contributed by atoms with van der Waals surface area (Å²) < 4.78 is 0.794. The van der Waals surface area contributed by atoms with E-state index in [1.165, 1.54) is 6.08 Å². The molecule has 0 saturated carbocycles. The summed E-state index contributed by atoms with van der Waals surface area (Å²) in [5, 5.41) is 10.6. The number of halogens is 2. The Morgan fingerprint density at radius 3 is 2.69 bits per heavy atom. The molecule has 0 N–H and O–H groups in total. The maximum Gasteiger partial charge on any atom is 0.235 e. The number of hydrogen-bond donors (Lipinski definition) is 0. The van der Waals surface area contributed by atoms with Crippen molar-refractivity contribution in [1.29, 1.82) is 0 Å². The number of nitrogens with zero attached hydrogens (tertiary/aromatic N) is 1. The molecule has 0 aliphatic heterocycles. The van der Waals surface area contributed by atoms with Crippen molar-refractivity contribution in [3.05, 3.63) is 49.6 Å². The summed E-state index contributed by atoms with van der Waals surface area (Å²) in [7, 11) is 0. The van der Waals surface area contributed by atoms with Crippen LogP contribution in [0.5, 0.6) is 0 Å². The van der Waals surface area contributed by atoms with Gasteiger partial charge in [0.05, 0.1) is 4.92 Å². The number of rotatable bonds is 2. The molecule has 68 valence electrons. The van der Waals surface area contributed by atoms with Crippen LogP contribution in [-0.2, 0) is 0 Å². The Labute approximate surface area is 88.3 Å². The zero-order valence-electron chi connectivity index (χ0n) is 6.41. The van der Waals surface area contributed by atoms with Gasteiger partial charge in [0.2, 0.25) is 6.20 Å². The van der Waals surface area contributed by atoms with Crippen molar-refractivity contribution in [1.82, 2.24) is 0 Å². The lowest BCUT2D eigenvalue weighted by Gasteiger charge is -1.95. The molecule has 0 fully saturated rings. The predicted molar refractivity (Wildman–Crippen MR) is 55.2 cm³/mol. The Bertz CT molecular complexity index is 345. The molecule has 0 radical (unpaired) electrons. The zero-order chi connectivity index (χ0) is 9.84. The first-order valence-corrected chi connectivity index (χ1v) is 4.53. The lowest BCUT2D eigenvalue weighted by Crippen LogP contribution is -1.82. The van der Waals surface area contributed by atoms with Crippen molar-refractivity contribution in [2.45, 2.75) is 0 Å². The van der Waals surface area contributed by atoms with Gasteiger partial charge in [-0.2, -0.15) is 0 Å². The minimum Gasteiger partial charge on any atom is -0.259 e. The largest absolute Gasteiger partial charge is 0.259 e. The highest BCUT2D eigenvalue weighted by molar-refractivity contribution is 9.10. The summed E-state index contributed by atoms with van der Waals surface area (Å²) >= 11 is 8.96. The molecule has 1 aromatic carbocycles. The quantitative estimate of drug-likeness (QED) is 0.606. The monoisotopic (exact) mass is 261 g/mol. The molecule has 1 aromatic rings. The third-order valence-electron chi connectivity index (χ3n) is 1.27. The molecule has 1 rings (SSSR count). The van der Waals surface area contributed by atoms with Crippen molar-refractivity contribution >= 4 is 33.6 Å². The van der Waals surface area contributed by atoms with Gasteiger partial charge >= 0.3 is 0 Å². The summed E-state index contributed by atoms with van der Waals surface area (Å²) in [6, 6.07) is 5.10. The molecule has 0 heterocycles. The lowest BCUT2D eigenvalue weighted by molar-refractivity contribution is -0.400. The third-order valence-corrected chi connectivity index (χ3v) is 1.95. The fourth-order valence-corrected chi connectivity index (χ4v) is 1.70. The van der Waals surface area contributed by atoms with Crippen LogP contribution in [0.3, 0.4) is 0 Å². The molecule has 0 aromatic heterocycles. The van der Waals surface area contributed by atoms with Gasteiger partial charge in [-0.05, 0) is 23.8 Å². The van der Waals surface area contributed by atoms with Gasteiger partial charge < -0.3 is 0 Å². The van der Waals surface area contributed by atoms with Crippen LogP contribution in [0, 0.1) is 10.1 Å². The Morgan fingerprint density at radius 1 is 1.46 bits per heavy atom. The summed E-state index contributed by atoms with van der Waals surface area (Å²) in [6.07, 6.45) is 2.26. The van der Waals surface area contributed by atoms with Crippen LogP contribution in [0.25, 0.3) is 6.08 Å².